The molecule has 0 bridgehead atoms. The second-order valence-corrected chi connectivity index (χ2v) is 8.19. The summed E-state index contributed by atoms with van der Waals surface area (Å²) >= 11 is 0. The second kappa shape index (κ2) is 6.95. The molecular formula is C18H30N4O2. The third-order valence-electron chi connectivity index (χ3n) is 4.00. The minimum Gasteiger partial charge on any atom is -0.322 e. The lowest BCUT2D eigenvalue weighted by Crippen LogP contribution is -2.36. The fourth-order valence-corrected chi connectivity index (χ4v) is 2.84. The van der Waals surface area contributed by atoms with Crippen LogP contribution in [0.5, 0.6) is 0 Å². The maximum Gasteiger partial charge on any atom is 0.330 e. The van der Waals surface area contributed by atoms with Gasteiger partial charge in [-0.25, -0.2) is 9.78 Å². The zero-order valence-electron chi connectivity index (χ0n) is 15.8. The number of rotatable bonds is 6. The van der Waals surface area contributed by atoms with Crippen LogP contribution in [0.2, 0.25) is 0 Å². The highest BCUT2D eigenvalue weighted by molar-refractivity contribution is 5.70. The molecule has 0 atom stereocenters. The van der Waals surface area contributed by atoms with Crippen LogP contribution in [-0.2, 0) is 19.5 Å². The van der Waals surface area contributed by atoms with Crippen molar-refractivity contribution in [2.24, 2.45) is 11.3 Å². The quantitative estimate of drug-likeness (QED) is 0.883. The summed E-state index contributed by atoms with van der Waals surface area (Å²) in [5.74, 6) is 1.30. The Balaban J connectivity index is 2.67. The van der Waals surface area contributed by atoms with Gasteiger partial charge in [0, 0.05) is 19.5 Å². The molecule has 1 N–H and O–H groups in total. The van der Waals surface area contributed by atoms with Gasteiger partial charge in [-0.15, -0.1) is 0 Å². The van der Waals surface area contributed by atoms with Crippen LogP contribution in [0.25, 0.3) is 11.2 Å². The molecule has 2 aromatic rings. The summed E-state index contributed by atoms with van der Waals surface area (Å²) in [6.45, 7) is 13.8. The molecule has 2 rings (SSSR count). The molecule has 0 radical (unpaired) electrons. The highest BCUT2D eigenvalue weighted by atomic mass is 16.2. The van der Waals surface area contributed by atoms with E-state index in [1.165, 1.54) is 4.57 Å². The molecule has 6 nitrogen and oxygen atoms in total. The summed E-state index contributed by atoms with van der Waals surface area (Å²) in [4.78, 5) is 32.6. The fraction of sp³-hybridized carbons (Fsp3) is 0.722. The average molecular weight is 334 g/mol. The van der Waals surface area contributed by atoms with Crippen LogP contribution in [0.4, 0.5) is 0 Å². The van der Waals surface area contributed by atoms with E-state index in [0.29, 0.717) is 30.2 Å². The Labute approximate surface area is 142 Å². The van der Waals surface area contributed by atoms with Crippen molar-refractivity contribution in [3.63, 3.8) is 0 Å². The van der Waals surface area contributed by atoms with Crippen molar-refractivity contribution in [3.05, 3.63) is 26.7 Å². The first kappa shape index (κ1) is 18.5. The van der Waals surface area contributed by atoms with Crippen LogP contribution < -0.4 is 11.2 Å². The van der Waals surface area contributed by atoms with E-state index in [2.05, 4.69) is 51.5 Å². The van der Waals surface area contributed by atoms with Crippen molar-refractivity contribution in [1.82, 2.24) is 19.1 Å². The van der Waals surface area contributed by atoms with E-state index in [1.54, 1.807) is 0 Å². The van der Waals surface area contributed by atoms with Crippen LogP contribution in [-0.4, -0.2) is 19.1 Å². The smallest absolute Gasteiger partial charge is 0.322 e. The number of aromatic nitrogens is 4. The van der Waals surface area contributed by atoms with E-state index in [9.17, 15) is 9.59 Å². The van der Waals surface area contributed by atoms with Crippen LogP contribution in [0, 0.1) is 11.3 Å². The number of imidazole rings is 1. The van der Waals surface area contributed by atoms with Gasteiger partial charge in [-0.1, -0.05) is 41.5 Å². The fourth-order valence-electron chi connectivity index (χ4n) is 2.84. The topological polar surface area (TPSA) is 72.7 Å². The Morgan fingerprint density at radius 1 is 1.17 bits per heavy atom. The molecule has 6 heteroatoms. The molecule has 134 valence electrons. The molecule has 0 aliphatic heterocycles. The first-order chi connectivity index (χ1) is 11.1. The SMILES string of the molecule is CCCc1nc2[nH]c(=O)n(CCC(C)C)c(=O)c2n1CC(C)(C)C. The van der Waals surface area contributed by atoms with E-state index < -0.39 is 0 Å². The van der Waals surface area contributed by atoms with Crippen LogP contribution >= 0.6 is 0 Å². The Kier molecular flexibility index (Phi) is 5.35. The first-order valence-corrected chi connectivity index (χ1v) is 8.86. The lowest BCUT2D eigenvalue weighted by Gasteiger charge is -2.21. The Morgan fingerprint density at radius 2 is 1.83 bits per heavy atom. The van der Waals surface area contributed by atoms with Crippen molar-refractivity contribution in [2.45, 2.75) is 73.9 Å². The number of aromatic amines is 1. The van der Waals surface area contributed by atoms with Gasteiger partial charge in [0.1, 0.15) is 5.82 Å². The van der Waals surface area contributed by atoms with Crippen molar-refractivity contribution < 1.29 is 0 Å². The molecule has 0 aromatic carbocycles. The van der Waals surface area contributed by atoms with Gasteiger partial charge in [-0.2, -0.15) is 0 Å². The second-order valence-electron chi connectivity index (χ2n) is 8.19. The Bertz CT molecular complexity index is 818. The van der Waals surface area contributed by atoms with E-state index in [0.717, 1.165) is 25.1 Å². The predicted molar refractivity (Wildman–Crippen MR) is 97.5 cm³/mol. The van der Waals surface area contributed by atoms with Crippen molar-refractivity contribution >= 4 is 11.2 Å². The van der Waals surface area contributed by atoms with Gasteiger partial charge in [-0.05, 0) is 24.2 Å². The average Bonchev–Trinajstić information content (AvgIpc) is 2.74. The van der Waals surface area contributed by atoms with E-state index in [1.807, 2.05) is 4.57 Å². The van der Waals surface area contributed by atoms with Gasteiger partial charge in [-0.3, -0.25) is 14.3 Å². The molecule has 0 saturated carbocycles. The highest BCUT2D eigenvalue weighted by Gasteiger charge is 2.21. The minimum absolute atomic E-state index is 0.0153. The van der Waals surface area contributed by atoms with Gasteiger partial charge in [0.05, 0.1) is 0 Å². The monoisotopic (exact) mass is 334 g/mol. The van der Waals surface area contributed by atoms with E-state index in [-0.39, 0.29) is 16.7 Å². The third kappa shape index (κ3) is 3.97. The number of hydrogen-bond donors (Lipinski definition) is 1. The number of aryl methyl sites for hydroxylation is 1. The summed E-state index contributed by atoms with van der Waals surface area (Å²) in [5.41, 5.74) is 0.363. The molecule has 2 aromatic heterocycles. The molecular weight excluding hydrogens is 304 g/mol. The van der Waals surface area contributed by atoms with E-state index >= 15 is 0 Å². The summed E-state index contributed by atoms with van der Waals surface area (Å²) in [5, 5.41) is 0. The number of hydrogen-bond acceptors (Lipinski definition) is 3. The maximum absolute atomic E-state index is 13.0. The van der Waals surface area contributed by atoms with Crippen molar-refractivity contribution in [1.29, 1.82) is 0 Å². The Hall–Kier alpha value is -1.85. The first-order valence-electron chi connectivity index (χ1n) is 8.86. The maximum atomic E-state index is 13.0. The van der Waals surface area contributed by atoms with Crippen LogP contribution in [0.3, 0.4) is 0 Å². The zero-order chi connectivity index (χ0) is 18.1. The lowest BCUT2D eigenvalue weighted by molar-refractivity contribution is 0.342. The molecule has 24 heavy (non-hydrogen) atoms. The van der Waals surface area contributed by atoms with Gasteiger partial charge >= 0.3 is 5.69 Å². The van der Waals surface area contributed by atoms with Gasteiger partial charge in [0.25, 0.3) is 5.56 Å². The van der Waals surface area contributed by atoms with Gasteiger partial charge in [0.15, 0.2) is 11.2 Å². The number of nitrogens with one attached hydrogen (secondary N) is 1. The van der Waals surface area contributed by atoms with Crippen molar-refractivity contribution in [2.75, 3.05) is 0 Å². The van der Waals surface area contributed by atoms with E-state index in [4.69, 9.17) is 0 Å². The van der Waals surface area contributed by atoms with Crippen LogP contribution in [0.15, 0.2) is 9.59 Å². The molecule has 0 saturated heterocycles. The summed E-state index contributed by atoms with van der Waals surface area (Å²) in [6, 6.07) is 0. The minimum atomic E-state index is -0.364. The largest absolute Gasteiger partial charge is 0.330 e. The predicted octanol–water partition coefficient (Wildman–Crippen LogP) is 2.93. The number of H-pyrrole nitrogens is 1. The zero-order valence-corrected chi connectivity index (χ0v) is 15.8. The van der Waals surface area contributed by atoms with Crippen LogP contribution in [0.1, 0.15) is 60.2 Å². The third-order valence-corrected chi connectivity index (χ3v) is 4.00. The summed E-state index contributed by atoms with van der Waals surface area (Å²) in [7, 11) is 0. The molecule has 2 heterocycles. The lowest BCUT2D eigenvalue weighted by atomic mass is 9.96. The molecule has 0 aliphatic rings. The molecule has 0 spiro atoms. The molecule has 0 amide bonds. The number of fused-ring (bicyclic) bond motifs is 1. The normalized spacial score (nSPS) is 12.5. The molecule has 0 aliphatic carbocycles. The number of nitrogens with zero attached hydrogens (tertiary/aromatic N) is 3. The standard InChI is InChI=1S/C18H30N4O2/c1-7-8-13-19-15-14(22(13)11-18(4,5)6)16(23)21(17(24)20-15)10-9-12(2)3/h12H,7-11H2,1-6H3,(H,20,24). The van der Waals surface area contributed by atoms with Gasteiger partial charge < -0.3 is 4.57 Å². The highest BCUT2D eigenvalue weighted by Crippen LogP contribution is 2.21. The molecule has 0 fully saturated rings. The summed E-state index contributed by atoms with van der Waals surface area (Å²) < 4.78 is 3.32. The van der Waals surface area contributed by atoms with Crippen molar-refractivity contribution in [3.8, 4) is 0 Å². The van der Waals surface area contributed by atoms with Gasteiger partial charge in [0.2, 0.25) is 0 Å². The molecule has 0 unspecified atom stereocenters. The summed E-state index contributed by atoms with van der Waals surface area (Å²) in [6.07, 6.45) is 2.53. The Morgan fingerprint density at radius 3 is 2.38 bits per heavy atom.